The van der Waals surface area contributed by atoms with Gasteiger partial charge in [0.15, 0.2) is 5.96 Å². The maximum absolute atomic E-state index is 12.7. The molecule has 0 spiro atoms. The number of nitrogens with zero attached hydrogens (tertiary/aromatic N) is 2. The predicted molar refractivity (Wildman–Crippen MR) is 109 cm³/mol. The first kappa shape index (κ1) is 21.2. The van der Waals surface area contributed by atoms with E-state index < -0.39 is 10.0 Å². The Bertz CT molecular complexity index is 675. The SMILES string of the molecule is CCC(CC)CNC(=NC)NCc1ccc(S(=O)(=O)N2CCCCC2)s1. The number of nitrogens with one attached hydrogen (secondary N) is 2. The Morgan fingerprint density at radius 3 is 2.50 bits per heavy atom. The Morgan fingerprint density at radius 2 is 1.88 bits per heavy atom. The van der Waals surface area contributed by atoms with Crippen LogP contribution in [0.15, 0.2) is 21.3 Å². The highest BCUT2D eigenvalue weighted by atomic mass is 32.2. The number of guanidine groups is 1. The standard InChI is InChI=1S/C18H32N4O2S2/c1-4-15(5-2)13-20-18(19-3)21-14-16-9-10-17(25-16)26(23,24)22-11-7-6-8-12-22/h9-10,15H,4-8,11-14H2,1-3H3,(H2,19,20,21). The van der Waals surface area contributed by atoms with Crippen molar-refractivity contribution in [1.29, 1.82) is 0 Å². The average molecular weight is 401 g/mol. The van der Waals surface area contributed by atoms with Gasteiger partial charge in [0.25, 0.3) is 10.0 Å². The van der Waals surface area contributed by atoms with E-state index >= 15 is 0 Å². The molecule has 1 saturated heterocycles. The minimum atomic E-state index is -3.34. The number of piperidine rings is 1. The van der Waals surface area contributed by atoms with Crippen LogP contribution < -0.4 is 10.6 Å². The highest BCUT2D eigenvalue weighted by Gasteiger charge is 2.27. The van der Waals surface area contributed by atoms with Gasteiger partial charge >= 0.3 is 0 Å². The van der Waals surface area contributed by atoms with Crippen molar-refractivity contribution in [1.82, 2.24) is 14.9 Å². The third-order valence-corrected chi connectivity index (χ3v) is 8.36. The molecule has 0 saturated carbocycles. The van der Waals surface area contributed by atoms with Crippen molar-refractivity contribution in [3.63, 3.8) is 0 Å². The molecule has 1 fully saturated rings. The minimum absolute atomic E-state index is 0.441. The monoisotopic (exact) mass is 400 g/mol. The molecule has 0 amide bonds. The first-order chi connectivity index (χ1) is 12.5. The molecule has 1 aromatic rings. The largest absolute Gasteiger partial charge is 0.356 e. The van der Waals surface area contributed by atoms with Crippen molar-refractivity contribution < 1.29 is 8.42 Å². The summed E-state index contributed by atoms with van der Waals surface area (Å²) in [4.78, 5) is 5.24. The van der Waals surface area contributed by atoms with Crippen molar-refractivity contribution in [2.24, 2.45) is 10.9 Å². The lowest BCUT2D eigenvalue weighted by Gasteiger charge is -2.25. The van der Waals surface area contributed by atoms with Crippen molar-refractivity contribution in [2.75, 3.05) is 26.7 Å². The summed E-state index contributed by atoms with van der Waals surface area (Å²) in [6.45, 7) is 7.14. The third kappa shape index (κ3) is 5.69. The number of rotatable bonds is 8. The number of thiophene rings is 1. The second kappa shape index (κ2) is 10.3. The van der Waals surface area contributed by atoms with Crippen LogP contribution in [0.1, 0.15) is 50.8 Å². The molecule has 2 rings (SSSR count). The van der Waals surface area contributed by atoms with Crippen LogP contribution in [0.2, 0.25) is 0 Å². The van der Waals surface area contributed by atoms with Crippen molar-refractivity contribution in [3.05, 3.63) is 17.0 Å². The maximum atomic E-state index is 12.7. The summed E-state index contributed by atoms with van der Waals surface area (Å²) in [6.07, 6.45) is 5.32. The topological polar surface area (TPSA) is 73.8 Å². The van der Waals surface area contributed by atoms with Crippen LogP contribution in [0.3, 0.4) is 0 Å². The predicted octanol–water partition coefficient (Wildman–Crippen LogP) is 3.02. The van der Waals surface area contributed by atoms with Gasteiger partial charge < -0.3 is 10.6 Å². The zero-order chi connectivity index (χ0) is 19.0. The van der Waals surface area contributed by atoms with E-state index in [0.717, 1.165) is 49.5 Å². The van der Waals surface area contributed by atoms with Crippen LogP contribution in [0.4, 0.5) is 0 Å². The summed E-state index contributed by atoms with van der Waals surface area (Å²) in [7, 11) is -1.58. The first-order valence-corrected chi connectivity index (χ1v) is 11.8. The fourth-order valence-corrected chi connectivity index (χ4v) is 6.00. The molecule has 0 unspecified atom stereocenters. The van der Waals surface area contributed by atoms with Gasteiger partial charge in [-0.1, -0.05) is 33.1 Å². The molecule has 0 bridgehead atoms. The summed E-state index contributed by atoms with van der Waals surface area (Å²) in [5, 5.41) is 6.62. The van der Waals surface area contributed by atoms with Crippen LogP contribution >= 0.6 is 11.3 Å². The molecule has 1 aliphatic heterocycles. The molecule has 1 aromatic heterocycles. The smallest absolute Gasteiger partial charge is 0.252 e. The molecular formula is C18H32N4O2S2. The van der Waals surface area contributed by atoms with Crippen LogP contribution in [0, 0.1) is 5.92 Å². The van der Waals surface area contributed by atoms with E-state index in [1.54, 1.807) is 17.4 Å². The summed E-state index contributed by atoms with van der Waals surface area (Å²) >= 11 is 1.34. The van der Waals surface area contributed by atoms with E-state index in [9.17, 15) is 8.42 Å². The Hall–Kier alpha value is -1.12. The fraction of sp³-hybridized carbons (Fsp3) is 0.722. The van der Waals surface area contributed by atoms with Crippen LogP contribution in [0.25, 0.3) is 0 Å². The van der Waals surface area contributed by atoms with Gasteiger partial charge in [0.2, 0.25) is 0 Å². The zero-order valence-electron chi connectivity index (χ0n) is 16.1. The molecule has 0 atom stereocenters. The van der Waals surface area contributed by atoms with Gasteiger partial charge in [-0.05, 0) is 30.9 Å². The summed E-state index contributed by atoms with van der Waals surface area (Å²) in [5.41, 5.74) is 0. The zero-order valence-corrected chi connectivity index (χ0v) is 17.8. The van der Waals surface area contributed by atoms with Gasteiger partial charge in [0.1, 0.15) is 4.21 Å². The molecule has 1 aliphatic rings. The Balaban J connectivity index is 1.91. The van der Waals surface area contributed by atoms with E-state index in [0.29, 0.717) is 29.8 Å². The Labute approximate surface area is 162 Å². The Kier molecular flexibility index (Phi) is 8.37. The number of aliphatic imine (C=N–C) groups is 1. The minimum Gasteiger partial charge on any atom is -0.356 e. The Morgan fingerprint density at radius 1 is 1.19 bits per heavy atom. The lowest BCUT2D eigenvalue weighted by atomic mass is 10.0. The quantitative estimate of drug-likeness (QED) is 0.520. The van der Waals surface area contributed by atoms with Gasteiger partial charge in [-0.2, -0.15) is 4.31 Å². The highest BCUT2D eigenvalue weighted by molar-refractivity contribution is 7.91. The summed E-state index contributed by atoms with van der Waals surface area (Å²) in [5.74, 6) is 1.39. The summed E-state index contributed by atoms with van der Waals surface area (Å²) in [6, 6.07) is 3.62. The molecule has 2 heterocycles. The first-order valence-electron chi connectivity index (χ1n) is 9.54. The van der Waals surface area contributed by atoms with Gasteiger partial charge in [-0.15, -0.1) is 11.3 Å². The van der Waals surface area contributed by atoms with E-state index in [1.165, 1.54) is 11.3 Å². The molecule has 8 heteroatoms. The molecular weight excluding hydrogens is 368 g/mol. The van der Waals surface area contributed by atoms with Gasteiger partial charge in [0.05, 0.1) is 6.54 Å². The molecule has 0 aliphatic carbocycles. The lowest BCUT2D eigenvalue weighted by molar-refractivity contribution is 0.347. The highest BCUT2D eigenvalue weighted by Crippen LogP contribution is 2.27. The van der Waals surface area contributed by atoms with Gasteiger partial charge in [0, 0.05) is 31.6 Å². The van der Waals surface area contributed by atoms with E-state index in [2.05, 4.69) is 29.5 Å². The number of hydrogen-bond acceptors (Lipinski definition) is 4. The fourth-order valence-electron chi connectivity index (χ4n) is 3.03. The summed E-state index contributed by atoms with van der Waals surface area (Å²) < 4.78 is 27.5. The van der Waals surface area contributed by atoms with Crippen molar-refractivity contribution >= 4 is 27.3 Å². The molecule has 0 radical (unpaired) electrons. The van der Waals surface area contributed by atoms with E-state index in [4.69, 9.17) is 0 Å². The number of hydrogen-bond donors (Lipinski definition) is 2. The van der Waals surface area contributed by atoms with Gasteiger partial charge in [-0.3, -0.25) is 4.99 Å². The molecule has 6 nitrogen and oxygen atoms in total. The second-order valence-corrected chi connectivity index (χ2v) is 10.0. The van der Waals surface area contributed by atoms with Gasteiger partial charge in [-0.25, -0.2) is 8.42 Å². The molecule has 26 heavy (non-hydrogen) atoms. The molecule has 2 N–H and O–H groups in total. The van der Waals surface area contributed by atoms with Crippen molar-refractivity contribution in [2.45, 2.75) is 56.7 Å². The van der Waals surface area contributed by atoms with Crippen LogP contribution in [0.5, 0.6) is 0 Å². The number of sulfonamides is 1. The molecule has 0 aromatic carbocycles. The van der Waals surface area contributed by atoms with Crippen molar-refractivity contribution in [3.8, 4) is 0 Å². The third-order valence-electron chi connectivity index (χ3n) is 4.91. The average Bonchev–Trinajstić information content (AvgIpc) is 3.15. The van der Waals surface area contributed by atoms with E-state index in [1.807, 2.05) is 6.07 Å². The van der Waals surface area contributed by atoms with Crippen LogP contribution in [-0.4, -0.2) is 45.4 Å². The van der Waals surface area contributed by atoms with E-state index in [-0.39, 0.29) is 0 Å². The second-order valence-electron chi connectivity index (χ2n) is 6.67. The maximum Gasteiger partial charge on any atom is 0.252 e. The molecule has 148 valence electrons. The normalized spacial score (nSPS) is 16.8. The lowest BCUT2D eigenvalue weighted by Crippen LogP contribution is -2.39. The van der Waals surface area contributed by atoms with Crippen LogP contribution in [-0.2, 0) is 16.6 Å².